The molecular formula is C17H15BrN2O4. The average Bonchev–Trinajstić information content (AvgIpc) is 2.57. The van der Waals surface area contributed by atoms with E-state index in [9.17, 15) is 14.4 Å². The Balaban J connectivity index is 2.12. The third-order valence-corrected chi connectivity index (χ3v) is 3.82. The molecule has 0 fully saturated rings. The van der Waals surface area contributed by atoms with Crippen molar-refractivity contribution in [1.82, 2.24) is 0 Å². The summed E-state index contributed by atoms with van der Waals surface area (Å²) in [5.41, 5.74) is 1.85. The van der Waals surface area contributed by atoms with Crippen molar-refractivity contribution < 1.29 is 19.1 Å². The summed E-state index contributed by atoms with van der Waals surface area (Å²) in [4.78, 5) is 35.8. The highest BCUT2D eigenvalue weighted by molar-refractivity contribution is 9.10. The summed E-state index contributed by atoms with van der Waals surface area (Å²) < 4.78 is 5.31. The molecule has 0 heterocycles. The largest absolute Gasteiger partial charge is 0.465 e. The molecule has 0 bridgehead atoms. The number of aryl methyl sites for hydroxylation is 1. The van der Waals surface area contributed by atoms with Crippen LogP contribution in [0.2, 0.25) is 0 Å². The minimum Gasteiger partial charge on any atom is -0.465 e. The van der Waals surface area contributed by atoms with Crippen molar-refractivity contribution in [3.8, 4) is 0 Å². The van der Waals surface area contributed by atoms with Gasteiger partial charge in [-0.15, -0.1) is 0 Å². The van der Waals surface area contributed by atoms with Crippen molar-refractivity contribution in [3.05, 3.63) is 58.1 Å². The first-order chi connectivity index (χ1) is 11.4. The molecule has 0 aliphatic rings. The summed E-state index contributed by atoms with van der Waals surface area (Å²) in [6.07, 6.45) is 0. The van der Waals surface area contributed by atoms with Gasteiger partial charge in [-0.25, -0.2) is 4.79 Å². The lowest BCUT2D eigenvalue weighted by molar-refractivity contribution is -0.133. The van der Waals surface area contributed by atoms with Crippen LogP contribution in [-0.4, -0.2) is 24.9 Å². The Morgan fingerprint density at radius 2 is 1.58 bits per heavy atom. The Hall–Kier alpha value is -2.67. The number of carbonyl (C=O) groups excluding carboxylic acids is 3. The van der Waals surface area contributed by atoms with E-state index in [2.05, 4.69) is 31.3 Å². The zero-order chi connectivity index (χ0) is 17.7. The van der Waals surface area contributed by atoms with Crippen LogP contribution in [0, 0.1) is 6.92 Å². The Bertz CT molecular complexity index is 805. The van der Waals surface area contributed by atoms with E-state index in [4.69, 9.17) is 0 Å². The van der Waals surface area contributed by atoms with Crippen LogP contribution >= 0.6 is 15.9 Å². The average molecular weight is 391 g/mol. The van der Waals surface area contributed by atoms with Gasteiger partial charge >= 0.3 is 17.8 Å². The van der Waals surface area contributed by atoms with E-state index in [1.807, 2.05) is 19.1 Å². The standard InChI is InChI=1S/C17H15BrN2O4/c1-10-7-8-14(12(18)9-10)20-16(22)15(21)19-13-6-4-3-5-11(13)17(23)24-2/h3-9H,1-2H3,(H,19,21)(H,20,22). The molecule has 2 N–H and O–H groups in total. The number of carbonyl (C=O) groups is 3. The maximum atomic E-state index is 12.1. The van der Waals surface area contributed by atoms with Gasteiger partial charge in [0.15, 0.2) is 0 Å². The molecule has 0 aromatic heterocycles. The summed E-state index contributed by atoms with van der Waals surface area (Å²) in [6, 6.07) is 11.6. The van der Waals surface area contributed by atoms with Crippen LogP contribution in [0.15, 0.2) is 46.9 Å². The molecule has 7 heteroatoms. The van der Waals surface area contributed by atoms with Gasteiger partial charge in [0.2, 0.25) is 0 Å². The van der Waals surface area contributed by atoms with Crippen LogP contribution < -0.4 is 10.6 Å². The number of amides is 2. The second kappa shape index (κ2) is 7.74. The molecule has 0 atom stereocenters. The van der Waals surface area contributed by atoms with Crippen LogP contribution in [-0.2, 0) is 14.3 Å². The quantitative estimate of drug-likeness (QED) is 0.622. The van der Waals surface area contributed by atoms with Crippen LogP contribution in [0.1, 0.15) is 15.9 Å². The van der Waals surface area contributed by atoms with Crippen molar-refractivity contribution in [1.29, 1.82) is 0 Å². The maximum absolute atomic E-state index is 12.1. The second-order valence-corrected chi connectivity index (χ2v) is 5.78. The summed E-state index contributed by atoms with van der Waals surface area (Å²) in [6.45, 7) is 1.91. The lowest BCUT2D eigenvalue weighted by atomic mass is 10.2. The van der Waals surface area contributed by atoms with Gasteiger partial charge in [0, 0.05) is 4.47 Å². The van der Waals surface area contributed by atoms with Gasteiger partial charge in [0.25, 0.3) is 0 Å². The molecule has 2 amide bonds. The Labute approximate surface area is 147 Å². The Kier molecular flexibility index (Phi) is 5.70. The number of anilines is 2. The number of rotatable bonds is 3. The fourth-order valence-corrected chi connectivity index (χ4v) is 2.55. The van der Waals surface area contributed by atoms with Crippen LogP contribution in [0.5, 0.6) is 0 Å². The highest BCUT2D eigenvalue weighted by Crippen LogP contribution is 2.23. The van der Waals surface area contributed by atoms with Gasteiger partial charge in [0.05, 0.1) is 24.0 Å². The second-order valence-electron chi connectivity index (χ2n) is 4.93. The highest BCUT2D eigenvalue weighted by Gasteiger charge is 2.19. The summed E-state index contributed by atoms with van der Waals surface area (Å²) in [5.74, 6) is -2.34. The van der Waals surface area contributed by atoms with Crippen LogP contribution in [0.4, 0.5) is 11.4 Å². The first-order valence-electron chi connectivity index (χ1n) is 6.98. The number of esters is 1. The van der Waals surface area contributed by atoms with E-state index in [0.717, 1.165) is 5.56 Å². The molecule has 0 aliphatic heterocycles. The summed E-state index contributed by atoms with van der Waals surface area (Å²) in [7, 11) is 1.24. The van der Waals surface area contributed by atoms with Crippen LogP contribution in [0.3, 0.4) is 0 Å². The smallest absolute Gasteiger partial charge is 0.339 e. The molecule has 6 nitrogen and oxygen atoms in total. The third-order valence-electron chi connectivity index (χ3n) is 3.16. The molecule has 24 heavy (non-hydrogen) atoms. The lowest BCUT2D eigenvalue weighted by Crippen LogP contribution is -2.29. The molecule has 0 unspecified atom stereocenters. The zero-order valence-corrected chi connectivity index (χ0v) is 14.6. The molecule has 0 spiro atoms. The Morgan fingerprint density at radius 1 is 0.958 bits per heavy atom. The predicted molar refractivity (Wildman–Crippen MR) is 93.9 cm³/mol. The molecule has 2 aromatic rings. The molecular weight excluding hydrogens is 376 g/mol. The SMILES string of the molecule is COC(=O)c1ccccc1NC(=O)C(=O)Nc1ccc(C)cc1Br. The van der Waals surface area contributed by atoms with Gasteiger partial charge in [-0.1, -0.05) is 18.2 Å². The number of benzene rings is 2. The maximum Gasteiger partial charge on any atom is 0.339 e. The number of hydrogen-bond acceptors (Lipinski definition) is 4. The topological polar surface area (TPSA) is 84.5 Å². The Morgan fingerprint density at radius 3 is 2.21 bits per heavy atom. The highest BCUT2D eigenvalue weighted by atomic mass is 79.9. The molecule has 0 aliphatic carbocycles. The van der Waals surface area contributed by atoms with Crippen molar-refractivity contribution in [2.75, 3.05) is 17.7 Å². The molecule has 0 radical (unpaired) electrons. The van der Waals surface area contributed by atoms with Crippen LogP contribution in [0.25, 0.3) is 0 Å². The monoisotopic (exact) mass is 390 g/mol. The minimum atomic E-state index is -0.890. The predicted octanol–water partition coefficient (Wildman–Crippen LogP) is 3.12. The first kappa shape index (κ1) is 17.7. The number of methoxy groups -OCH3 is 1. The van der Waals surface area contributed by atoms with E-state index >= 15 is 0 Å². The zero-order valence-electron chi connectivity index (χ0n) is 13.1. The van der Waals surface area contributed by atoms with Gasteiger partial charge in [-0.2, -0.15) is 0 Å². The van der Waals surface area contributed by atoms with Gasteiger partial charge in [-0.3, -0.25) is 9.59 Å². The molecule has 0 saturated carbocycles. The van der Waals surface area contributed by atoms with E-state index in [1.165, 1.54) is 19.2 Å². The van der Waals surface area contributed by atoms with Crippen molar-refractivity contribution in [2.24, 2.45) is 0 Å². The fourth-order valence-electron chi connectivity index (χ4n) is 1.96. The van der Waals surface area contributed by atoms with Crippen molar-refractivity contribution in [3.63, 3.8) is 0 Å². The van der Waals surface area contributed by atoms with Gasteiger partial charge in [-0.05, 0) is 52.7 Å². The number of halogens is 1. The number of para-hydroxylation sites is 1. The number of hydrogen-bond donors (Lipinski definition) is 2. The van der Waals surface area contributed by atoms with E-state index in [0.29, 0.717) is 10.2 Å². The number of nitrogens with one attached hydrogen (secondary N) is 2. The molecule has 124 valence electrons. The van der Waals surface area contributed by atoms with Crippen molar-refractivity contribution in [2.45, 2.75) is 6.92 Å². The van der Waals surface area contributed by atoms with Gasteiger partial charge in [0.1, 0.15) is 0 Å². The summed E-state index contributed by atoms with van der Waals surface area (Å²) >= 11 is 3.32. The lowest BCUT2D eigenvalue weighted by Gasteiger charge is -2.10. The van der Waals surface area contributed by atoms with Gasteiger partial charge < -0.3 is 15.4 Å². The third kappa shape index (κ3) is 4.20. The normalized spacial score (nSPS) is 9.96. The molecule has 0 saturated heterocycles. The number of ether oxygens (including phenoxy) is 1. The van der Waals surface area contributed by atoms with Crippen molar-refractivity contribution >= 4 is 45.1 Å². The molecule has 2 rings (SSSR count). The minimum absolute atomic E-state index is 0.165. The van der Waals surface area contributed by atoms with E-state index < -0.39 is 17.8 Å². The summed E-state index contributed by atoms with van der Waals surface area (Å²) in [5, 5.41) is 4.92. The van der Waals surface area contributed by atoms with E-state index in [-0.39, 0.29) is 11.3 Å². The fraction of sp³-hybridized carbons (Fsp3) is 0.118. The molecule has 2 aromatic carbocycles. The first-order valence-corrected chi connectivity index (χ1v) is 7.77. The van der Waals surface area contributed by atoms with E-state index in [1.54, 1.807) is 18.2 Å².